The fourth-order valence-electron chi connectivity index (χ4n) is 1.06. The number of carbonyl (C=O) groups excluding carboxylic acids is 2. The van der Waals surface area contributed by atoms with Crippen molar-refractivity contribution in [2.45, 2.75) is 33.6 Å². The molecule has 0 rings (SSSR count). The van der Waals surface area contributed by atoms with Gasteiger partial charge < -0.3 is 9.53 Å². The van der Waals surface area contributed by atoms with E-state index in [9.17, 15) is 9.59 Å². The van der Waals surface area contributed by atoms with E-state index in [4.69, 9.17) is 0 Å². The van der Waals surface area contributed by atoms with Crippen molar-refractivity contribution in [1.29, 1.82) is 0 Å². The van der Waals surface area contributed by atoms with Crippen LogP contribution in [-0.2, 0) is 14.3 Å². The normalized spacial score (nSPS) is 11.6. The fourth-order valence-corrected chi connectivity index (χ4v) is 1.06. The highest BCUT2D eigenvalue weighted by Crippen LogP contribution is 2.16. The molecular weight excluding hydrogens is 180 g/mol. The largest absolute Gasteiger partial charge is 0.466 e. The predicted molar refractivity (Wildman–Crippen MR) is 54.9 cm³/mol. The zero-order valence-corrected chi connectivity index (χ0v) is 9.29. The molecule has 0 aliphatic rings. The van der Waals surface area contributed by atoms with E-state index in [1.807, 2.05) is 13.8 Å². The van der Waals surface area contributed by atoms with E-state index in [0.29, 0.717) is 12.8 Å². The summed E-state index contributed by atoms with van der Waals surface area (Å²) in [5.41, 5.74) is 0.965. The van der Waals surface area contributed by atoms with Crippen molar-refractivity contribution in [1.82, 2.24) is 0 Å². The van der Waals surface area contributed by atoms with Crippen LogP contribution in [0, 0.1) is 5.92 Å². The van der Waals surface area contributed by atoms with Gasteiger partial charge in [-0.05, 0) is 19.3 Å². The first kappa shape index (κ1) is 12.9. The number of hydrogen-bond acceptors (Lipinski definition) is 3. The van der Waals surface area contributed by atoms with E-state index in [0.717, 1.165) is 5.57 Å². The number of allylic oxidation sites excluding steroid dienone is 1. The zero-order valence-electron chi connectivity index (χ0n) is 9.29. The minimum absolute atomic E-state index is 0.140. The summed E-state index contributed by atoms with van der Waals surface area (Å²) in [7, 11) is 1.35. The molecule has 0 aromatic heterocycles. The van der Waals surface area contributed by atoms with Gasteiger partial charge in [-0.15, -0.1) is 0 Å². The highest BCUT2D eigenvalue weighted by Gasteiger charge is 2.07. The van der Waals surface area contributed by atoms with Gasteiger partial charge in [0.05, 0.1) is 7.11 Å². The first-order valence-electron chi connectivity index (χ1n) is 4.75. The van der Waals surface area contributed by atoms with Gasteiger partial charge in [-0.1, -0.05) is 19.4 Å². The summed E-state index contributed by atoms with van der Waals surface area (Å²) in [6, 6.07) is 0. The highest BCUT2D eigenvalue weighted by molar-refractivity contribution is 5.83. The van der Waals surface area contributed by atoms with Gasteiger partial charge in [0.25, 0.3) is 0 Å². The van der Waals surface area contributed by atoms with Crippen LogP contribution in [-0.4, -0.2) is 18.9 Å². The molecule has 0 heterocycles. The number of methoxy groups -OCH3 is 1. The maximum Gasteiger partial charge on any atom is 0.330 e. The monoisotopic (exact) mass is 198 g/mol. The van der Waals surface area contributed by atoms with Gasteiger partial charge >= 0.3 is 5.97 Å². The van der Waals surface area contributed by atoms with Gasteiger partial charge in [0.15, 0.2) is 0 Å². The van der Waals surface area contributed by atoms with Gasteiger partial charge in [0.2, 0.25) is 0 Å². The van der Waals surface area contributed by atoms with E-state index in [1.54, 1.807) is 6.92 Å². The molecule has 0 saturated heterocycles. The molecule has 0 aromatic carbocycles. The molecule has 0 amide bonds. The molecule has 3 nitrogen and oxygen atoms in total. The summed E-state index contributed by atoms with van der Waals surface area (Å²) >= 11 is 0. The van der Waals surface area contributed by atoms with Crippen molar-refractivity contribution >= 4 is 11.8 Å². The summed E-state index contributed by atoms with van der Waals surface area (Å²) in [6.45, 7) is 5.54. The molecule has 0 spiro atoms. The van der Waals surface area contributed by atoms with E-state index in [2.05, 4.69) is 4.74 Å². The fraction of sp³-hybridized carbons (Fsp3) is 0.636. The number of ether oxygens (including phenoxy) is 1. The van der Waals surface area contributed by atoms with Crippen LogP contribution < -0.4 is 0 Å². The third-order valence-electron chi connectivity index (χ3n) is 2.01. The van der Waals surface area contributed by atoms with E-state index in [-0.39, 0.29) is 17.7 Å². The second-order valence-corrected chi connectivity index (χ2v) is 3.60. The molecule has 0 aliphatic heterocycles. The molecule has 14 heavy (non-hydrogen) atoms. The van der Waals surface area contributed by atoms with Gasteiger partial charge in [0, 0.05) is 12.5 Å². The molecule has 0 aliphatic carbocycles. The summed E-state index contributed by atoms with van der Waals surface area (Å²) < 4.78 is 4.54. The Morgan fingerprint density at radius 2 is 1.86 bits per heavy atom. The topological polar surface area (TPSA) is 43.4 Å². The van der Waals surface area contributed by atoms with Crippen molar-refractivity contribution in [3.05, 3.63) is 11.6 Å². The number of carbonyl (C=O) groups is 2. The van der Waals surface area contributed by atoms with Crippen LogP contribution in [0.3, 0.4) is 0 Å². The number of Topliss-reactive ketones (excluding diaryl/α,β-unsaturated/α-hetero) is 1. The smallest absolute Gasteiger partial charge is 0.330 e. The maximum absolute atomic E-state index is 11.0. The Hall–Kier alpha value is -1.12. The van der Waals surface area contributed by atoms with Crippen LogP contribution in [0.4, 0.5) is 0 Å². The average Bonchev–Trinajstić information content (AvgIpc) is 2.10. The lowest BCUT2D eigenvalue weighted by Crippen LogP contribution is -2.03. The van der Waals surface area contributed by atoms with E-state index < -0.39 is 0 Å². The molecule has 0 bridgehead atoms. The Kier molecular flexibility index (Phi) is 5.84. The van der Waals surface area contributed by atoms with Gasteiger partial charge in [0.1, 0.15) is 5.78 Å². The van der Waals surface area contributed by atoms with Crippen LogP contribution in [0.1, 0.15) is 33.6 Å². The van der Waals surface area contributed by atoms with Crippen molar-refractivity contribution in [2.24, 2.45) is 5.92 Å². The molecule has 0 unspecified atom stereocenters. The third-order valence-corrected chi connectivity index (χ3v) is 2.01. The Labute approximate surface area is 85.1 Å². The summed E-state index contributed by atoms with van der Waals surface area (Å²) in [4.78, 5) is 21.8. The summed E-state index contributed by atoms with van der Waals surface area (Å²) in [5, 5.41) is 0. The van der Waals surface area contributed by atoms with Crippen molar-refractivity contribution in [3.63, 3.8) is 0 Å². The summed E-state index contributed by atoms with van der Waals surface area (Å²) in [6.07, 6.45) is 2.61. The predicted octanol–water partition coefficient (Wildman–Crippen LogP) is 2.11. The standard InChI is InChI=1S/C11H18O3/c1-8(2)10(6-5-9(3)12)7-11(13)14-4/h7-8H,5-6H2,1-4H3. The van der Waals surface area contributed by atoms with Gasteiger partial charge in [-0.25, -0.2) is 4.79 Å². The Balaban J connectivity index is 4.36. The van der Waals surface area contributed by atoms with Crippen LogP contribution in [0.15, 0.2) is 11.6 Å². The van der Waals surface area contributed by atoms with Gasteiger partial charge in [-0.3, -0.25) is 0 Å². The molecule has 80 valence electrons. The van der Waals surface area contributed by atoms with Crippen LogP contribution in [0.2, 0.25) is 0 Å². The number of hydrogen-bond donors (Lipinski definition) is 0. The first-order valence-corrected chi connectivity index (χ1v) is 4.75. The minimum atomic E-state index is -0.350. The lowest BCUT2D eigenvalue weighted by molar-refractivity contribution is -0.135. The Bertz CT molecular complexity index is 239. The zero-order chi connectivity index (χ0) is 11.1. The molecule has 0 aromatic rings. The highest BCUT2D eigenvalue weighted by atomic mass is 16.5. The maximum atomic E-state index is 11.0. The van der Waals surface area contributed by atoms with Crippen molar-refractivity contribution in [2.75, 3.05) is 7.11 Å². The number of esters is 1. The SMILES string of the molecule is COC(=O)C=C(CCC(C)=O)C(C)C. The molecule has 0 saturated carbocycles. The minimum Gasteiger partial charge on any atom is -0.466 e. The average molecular weight is 198 g/mol. The molecule has 0 fully saturated rings. The number of rotatable bonds is 5. The van der Waals surface area contributed by atoms with Crippen LogP contribution >= 0.6 is 0 Å². The quantitative estimate of drug-likeness (QED) is 0.502. The van der Waals surface area contributed by atoms with Crippen LogP contribution in [0.25, 0.3) is 0 Å². The lowest BCUT2D eigenvalue weighted by Gasteiger charge is -2.09. The number of ketones is 1. The summed E-state index contributed by atoms with van der Waals surface area (Å²) in [5.74, 6) is 0.0621. The molecular formula is C11H18O3. The molecule has 3 heteroatoms. The second-order valence-electron chi connectivity index (χ2n) is 3.60. The molecule has 0 radical (unpaired) electrons. The Morgan fingerprint density at radius 1 is 1.29 bits per heavy atom. The van der Waals surface area contributed by atoms with Crippen LogP contribution in [0.5, 0.6) is 0 Å². The van der Waals surface area contributed by atoms with E-state index >= 15 is 0 Å². The van der Waals surface area contributed by atoms with Crippen molar-refractivity contribution < 1.29 is 14.3 Å². The van der Waals surface area contributed by atoms with Gasteiger partial charge in [-0.2, -0.15) is 0 Å². The van der Waals surface area contributed by atoms with E-state index in [1.165, 1.54) is 13.2 Å². The van der Waals surface area contributed by atoms with Crippen molar-refractivity contribution in [3.8, 4) is 0 Å². The first-order chi connectivity index (χ1) is 6.47. The lowest BCUT2D eigenvalue weighted by atomic mass is 9.97. The second kappa shape index (κ2) is 6.35. The molecule has 0 N–H and O–H groups in total. The molecule has 0 atom stereocenters. The third kappa shape index (κ3) is 5.51. The Morgan fingerprint density at radius 3 is 2.21 bits per heavy atom.